The van der Waals surface area contributed by atoms with Gasteiger partial charge in [-0.15, -0.1) is 0 Å². The van der Waals surface area contributed by atoms with Gasteiger partial charge in [0.2, 0.25) is 0 Å². The third-order valence-corrected chi connectivity index (χ3v) is 3.27. The molecule has 0 saturated heterocycles. The summed E-state index contributed by atoms with van der Waals surface area (Å²) in [6.45, 7) is 2.88. The van der Waals surface area contributed by atoms with Crippen molar-refractivity contribution in [1.29, 1.82) is 0 Å². The molecule has 2 rings (SSSR count). The molecule has 0 spiro atoms. The molecule has 1 aromatic rings. The van der Waals surface area contributed by atoms with Crippen molar-refractivity contribution in [3.63, 3.8) is 0 Å². The Morgan fingerprint density at radius 1 is 1.53 bits per heavy atom. The molecule has 1 heterocycles. The molecule has 0 amide bonds. The molecule has 1 aliphatic heterocycles. The van der Waals surface area contributed by atoms with Crippen molar-refractivity contribution in [2.24, 2.45) is 0 Å². The summed E-state index contributed by atoms with van der Waals surface area (Å²) >= 11 is 0. The van der Waals surface area contributed by atoms with Gasteiger partial charge in [-0.3, -0.25) is 0 Å². The molecule has 0 aliphatic carbocycles. The van der Waals surface area contributed by atoms with Crippen LogP contribution in [0.4, 0.5) is 5.69 Å². The number of hydrogen-bond acceptors (Lipinski definition) is 3. The van der Waals surface area contributed by atoms with Crippen molar-refractivity contribution < 1.29 is 9.84 Å². The van der Waals surface area contributed by atoms with E-state index in [-0.39, 0.29) is 6.10 Å². The molecule has 0 bridgehead atoms. The number of rotatable bonds is 5. The zero-order valence-electron chi connectivity index (χ0n) is 10.6. The van der Waals surface area contributed by atoms with E-state index in [1.54, 1.807) is 7.11 Å². The first kappa shape index (κ1) is 12.4. The number of benzene rings is 1. The van der Waals surface area contributed by atoms with Crippen LogP contribution in [0.3, 0.4) is 0 Å². The number of methoxy groups -OCH3 is 1. The summed E-state index contributed by atoms with van der Waals surface area (Å²) in [5.74, 6) is 0. The molecule has 2 N–H and O–H groups in total. The van der Waals surface area contributed by atoms with E-state index in [4.69, 9.17) is 4.74 Å². The van der Waals surface area contributed by atoms with E-state index in [2.05, 4.69) is 24.4 Å². The molecule has 2 atom stereocenters. The van der Waals surface area contributed by atoms with Gasteiger partial charge in [0, 0.05) is 25.4 Å². The van der Waals surface area contributed by atoms with Crippen LogP contribution in [0, 0.1) is 0 Å². The average molecular weight is 235 g/mol. The maximum atomic E-state index is 10.1. The van der Waals surface area contributed by atoms with Crippen molar-refractivity contribution in [2.75, 3.05) is 19.0 Å². The lowest BCUT2D eigenvalue weighted by molar-refractivity contribution is 0.136. The van der Waals surface area contributed by atoms with Gasteiger partial charge in [0.1, 0.15) is 0 Å². The molecular weight excluding hydrogens is 214 g/mol. The molecular formula is C14H21NO2. The third kappa shape index (κ3) is 2.99. The minimum absolute atomic E-state index is 0.381. The Morgan fingerprint density at radius 3 is 3.12 bits per heavy atom. The molecule has 0 saturated carbocycles. The van der Waals surface area contributed by atoms with E-state index in [9.17, 15) is 5.11 Å². The zero-order chi connectivity index (χ0) is 12.3. The number of anilines is 1. The van der Waals surface area contributed by atoms with Gasteiger partial charge in [-0.1, -0.05) is 12.1 Å². The van der Waals surface area contributed by atoms with Crippen LogP contribution in [0.25, 0.3) is 0 Å². The van der Waals surface area contributed by atoms with Gasteiger partial charge in [0.25, 0.3) is 0 Å². The van der Waals surface area contributed by atoms with E-state index in [1.807, 2.05) is 6.07 Å². The van der Waals surface area contributed by atoms with Gasteiger partial charge in [-0.2, -0.15) is 0 Å². The summed E-state index contributed by atoms with van der Waals surface area (Å²) in [7, 11) is 1.69. The van der Waals surface area contributed by atoms with Crippen LogP contribution in [0.5, 0.6) is 0 Å². The van der Waals surface area contributed by atoms with Gasteiger partial charge in [0.15, 0.2) is 0 Å². The first-order chi connectivity index (χ1) is 8.20. The summed E-state index contributed by atoms with van der Waals surface area (Å²) < 4.78 is 4.99. The average Bonchev–Trinajstić information content (AvgIpc) is 2.68. The highest BCUT2D eigenvalue weighted by Crippen LogP contribution is 2.30. The van der Waals surface area contributed by atoms with E-state index >= 15 is 0 Å². The second-order valence-corrected chi connectivity index (χ2v) is 4.82. The fraction of sp³-hybridized carbons (Fsp3) is 0.571. The summed E-state index contributed by atoms with van der Waals surface area (Å²) in [4.78, 5) is 0. The van der Waals surface area contributed by atoms with Crippen molar-refractivity contribution in [1.82, 2.24) is 0 Å². The number of fused-ring (bicyclic) bond motifs is 1. The van der Waals surface area contributed by atoms with Crippen LogP contribution < -0.4 is 5.32 Å². The minimum Gasteiger partial charge on any atom is -0.388 e. The summed E-state index contributed by atoms with van der Waals surface area (Å²) in [5.41, 5.74) is 3.53. The normalized spacial score (nSPS) is 19.8. The first-order valence-corrected chi connectivity index (χ1v) is 6.27. The van der Waals surface area contributed by atoms with Crippen LogP contribution in [0.2, 0.25) is 0 Å². The Bertz CT molecular complexity index is 378. The van der Waals surface area contributed by atoms with E-state index in [1.165, 1.54) is 11.3 Å². The highest BCUT2D eigenvalue weighted by Gasteiger charge is 2.18. The van der Waals surface area contributed by atoms with E-state index in [0.717, 1.165) is 24.8 Å². The second kappa shape index (κ2) is 5.52. The Hall–Kier alpha value is -1.06. The van der Waals surface area contributed by atoms with E-state index < -0.39 is 0 Å². The highest BCUT2D eigenvalue weighted by molar-refractivity contribution is 5.58. The number of nitrogens with one attached hydrogen (secondary N) is 1. The lowest BCUT2D eigenvalue weighted by Gasteiger charge is -2.12. The minimum atomic E-state index is -0.381. The van der Waals surface area contributed by atoms with Gasteiger partial charge < -0.3 is 15.2 Å². The molecule has 94 valence electrons. The summed E-state index contributed by atoms with van der Waals surface area (Å²) in [5, 5.41) is 13.5. The standard InChI is InChI=1S/C14H21NO2/c1-10-8-11-5-6-12(9-13(11)15-10)14(16)4-3-7-17-2/h5-6,9-10,14-16H,3-4,7-8H2,1-2H3. The van der Waals surface area contributed by atoms with Crippen molar-refractivity contribution in [3.8, 4) is 0 Å². The molecule has 0 fully saturated rings. The predicted octanol–water partition coefficient (Wildman–Crippen LogP) is 2.50. The Balaban J connectivity index is 2.00. The number of aliphatic hydroxyl groups excluding tert-OH is 1. The van der Waals surface area contributed by atoms with Crippen LogP contribution in [-0.4, -0.2) is 24.9 Å². The highest BCUT2D eigenvalue weighted by atomic mass is 16.5. The fourth-order valence-electron chi connectivity index (χ4n) is 2.35. The van der Waals surface area contributed by atoms with Crippen LogP contribution in [0.15, 0.2) is 18.2 Å². The lowest BCUT2D eigenvalue weighted by Crippen LogP contribution is -2.08. The molecule has 2 unspecified atom stereocenters. The Morgan fingerprint density at radius 2 is 2.35 bits per heavy atom. The molecule has 1 aliphatic rings. The molecule has 17 heavy (non-hydrogen) atoms. The zero-order valence-corrected chi connectivity index (χ0v) is 10.6. The molecule has 3 heteroatoms. The van der Waals surface area contributed by atoms with Crippen molar-refractivity contribution in [3.05, 3.63) is 29.3 Å². The summed E-state index contributed by atoms with van der Waals surface area (Å²) in [6.07, 6.45) is 2.34. The van der Waals surface area contributed by atoms with Gasteiger partial charge in [-0.05, 0) is 43.4 Å². The monoisotopic (exact) mass is 235 g/mol. The SMILES string of the molecule is COCCCC(O)c1ccc2c(c1)NC(C)C2. The summed E-state index contributed by atoms with van der Waals surface area (Å²) in [6, 6.07) is 6.75. The molecule has 1 aromatic carbocycles. The molecule has 0 aromatic heterocycles. The molecule has 0 radical (unpaired) electrons. The topological polar surface area (TPSA) is 41.5 Å². The Kier molecular flexibility index (Phi) is 4.02. The Labute approximate surface area is 103 Å². The maximum absolute atomic E-state index is 10.1. The molecule has 3 nitrogen and oxygen atoms in total. The first-order valence-electron chi connectivity index (χ1n) is 6.27. The van der Waals surface area contributed by atoms with Crippen LogP contribution >= 0.6 is 0 Å². The predicted molar refractivity (Wildman–Crippen MR) is 69.3 cm³/mol. The third-order valence-electron chi connectivity index (χ3n) is 3.27. The fourth-order valence-corrected chi connectivity index (χ4v) is 2.35. The van der Waals surface area contributed by atoms with Crippen molar-refractivity contribution in [2.45, 2.75) is 38.3 Å². The van der Waals surface area contributed by atoms with E-state index in [0.29, 0.717) is 12.6 Å². The van der Waals surface area contributed by atoms with Gasteiger partial charge in [-0.25, -0.2) is 0 Å². The lowest BCUT2D eigenvalue weighted by atomic mass is 10.0. The largest absolute Gasteiger partial charge is 0.388 e. The van der Waals surface area contributed by atoms with Crippen LogP contribution in [0.1, 0.15) is 37.0 Å². The number of hydrogen-bond donors (Lipinski definition) is 2. The quantitative estimate of drug-likeness (QED) is 0.770. The number of aliphatic hydroxyl groups is 1. The second-order valence-electron chi connectivity index (χ2n) is 4.82. The smallest absolute Gasteiger partial charge is 0.0791 e. The van der Waals surface area contributed by atoms with Gasteiger partial charge >= 0.3 is 0 Å². The van der Waals surface area contributed by atoms with Gasteiger partial charge in [0.05, 0.1) is 6.10 Å². The maximum Gasteiger partial charge on any atom is 0.0791 e. The van der Waals surface area contributed by atoms with Crippen molar-refractivity contribution >= 4 is 5.69 Å². The number of ether oxygens (including phenoxy) is 1. The van der Waals surface area contributed by atoms with Crippen LogP contribution in [-0.2, 0) is 11.2 Å².